The second kappa shape index (κ2) is 12.8. The number of esters is 1. The molecular weight excluding hydrogens is 484 g/mol. The molecular formula is C31H32O5S. The quantitative estimate of drug-likeness (QED) is 0.247. The molecule has 0 fully saturated rings. The summed E-state index contributed by atoms with van der Waals surface area (Å²) in [6.07, 6.45) is 7.56. The van der Waals surface area contributed by atoms with E-state index in [1.165, 1.54) is 7.11 Å². The molecule has 4 rings (SSSR count). The van der Waals surface area contributed by atoms with Gasteiger partial charge in [0.15, 0.2) is 11.5 Å². The lowest BCUT2D eigenvalue weighted by Gasteiger charge is -2.37. The predicted octanol–water partition coefficient (Wildman–Crippen LogP) is 6.06. The van der Waals surface area contributed by atoms with E-state index in [0.29, 0.717) is 22.8 Å². The molecule has 1 aliphatic carbocycles. The van der Waals surface area contributed by atoms with Gasteiger partial charge in [-0.15, -0.1) is 11.8 Å². The molecule has 1 atom stereocenters. The Morgan fingerprint density at radius 1 is 0.973 bits per heavy atom. The topological polar surface area (TPSA) is 65.0 Å². The molecule has 0 aromatic heterocycles. The van der Waals surface area contributed by atoms with Crippen molar-refractivity contribution in [2.24, 2.45) is 0 Å². The molecule has 1 N–H and O–H groups in total. The first-order valence-corrected chi connectivity index (χ1v) is 13.2. The van der Waals surface area contributed by atoms with Gasteiger partial charge in [0.25, 0.3) is 0 Å². The lowest BCUT2D eigenvalue weighted by molar-refractivity contribution is -0.134. The molecule has 5 nitrogen and oxygen atoms in total. The zero-order valence-corrected chi connectivity index (χ0v) is 21.9. The van der Waals surface area contributed by atoms with E-state index >= 15 is 0 Å². The fourth-order valence-electron chi connectivity index (χ4n) is 4.49. The molecule has 3 aromatic carbocycles. The predicted molar refractivity (Wildman–Crippen MR) is 148 cm³/mol. The minimum atomic E-state index is -0.502. The number of rotatable bonds is 11. The maximum Gasteiger partial charge on any atom is 0.312 e. The number of thioether (sulfide) groups is 1. The summed E-state index contributed by atoms with van der Waals surface area (Å²) in [7, 11) is 3.24. The van der Waals surface area contributed by atoms with Crippen molar-refractivity contribution in [2.45, 2.75) is 30.3 Å². The number of allylic oxidation sites excluding steroid dienone is 1. The van der Waals surface area contributed by atoms with Crippen molar-refractivity contribution in [1.82, 2.24) is 0 Å². The fraction of sp³-hybridized carbons (Fsp3) is 0.258. The lowest BCUT2D eigenvalue weighted by Crippen LogP contribution is -2.28. The van der Waals surface area contributed by atoms with Crippen LogP contribution in [0.5, 0.6) is 11.5 Å². The zero-order valence-electron chi connectivity index (χ0n) is 21.1. The number of carbonyl (C=O) groups excluding carboxylic acids is 1. The molecule has 1 unspecified atom stereocenters. The van der Waals surface area contributed by atoms with Crippen molar-refractivity contribution in [1.29, 1.82) is 0 Å². The highest BCUT2D eigenvalue weighted by Crippen LogP contribution is 2.50. The van der Waals surface area contributed by atoms with Gasteiger partial charge < -0.3 is 19.3 Å². The smallest absolute Gasteiger partial charge is 0.312 e. The number of carbonyl (C=O) groups is 1. The second-order valence-corrected chi connectivity index (χ2v) is 9.97. The Kier molecular flexibility index (Phi) is 9.23. The van der Waals surface area contributed by atoms with Crippen LogP contribution < -0.4 is 9.47 Å². The molecule has 0 radical (unpaired) electrons. The summed E-state index contributed by atoms with van der Waals surface area (Å²) in [6, 6.07) is 25.8. The maximum absolute atomic E-state index is 12.9. The van der Waals surface area contributed by atoms with Crippen LogP contribution in [0.1, 0.15) is 29.5 Å². The number of aliphatic hydroxyl groups is 1. The molecule has 3 aromatic rings. The Bertz CT molecular complexity index is 1200. The van der Waals surface area contributed by atoms with Gasteiger partial charge >= 0.3 is 5.97 Å². The van der Waals surface area contributed by atoms with Crippen LogP contribution in [0.15, 0.2) is 103 Å². The first-order valence-electron chi connectivity index (χ1n) is 12.3. The van der Waals surface area contributed by atoms with Crippen LogP contribution in [0.25, 0.3) is 0 Å². The van der Waals surface area contributed by atoms with E-state index in [4.69, 9.17) is 14.2 Å². The minimum Gasteiger partial charge on any atom is -0.493 e. The van der Waals surface area contributed by atoms with E-state index in [1.807, 2.05) is 12.1 Å². The largest absolute Gasteiger partial charge is 0.493 e. The second-order valence-electron chi connectivity index (χ2n) is 8.66. The summed E-state index contributed by atoms with van der Waals surface area (Å²) >= 11 is 1.72. The zero-order chi connectivity index (χ0) is 26.1. The Morgan fingerprint density at radius 2 is 1.65 bits per heavy atom. The number of aliphatic hydroxyl groups excluding tert-OH is 1. The van der Waals surface area contributed by atoms with Gasteiger partial charge in [-0.2, -0.15) is 0 Å². The van der Waals surface area contributed by atoms with E-state index in [9.17, 15) is 9.90 Å². The monoisotopic (exact) mass is 516 g/mol. The summed E-state index contributed by atoms with van der Waals surface area (Å²) in [5.74, 6) is 0.958. The van der Waals surface area contributed by atoms with Crippen LogP contribution in [-0.4, -0.2) is 37.2 Å². The fourth-order valence-corrected chi connectivity index (χ4v) is 5.99. The van der Waals surface area contributed by atoms with E-state index in [1.54, 1.807) is 37.1 Å². The first kappa shape index (κ1) is 26.7. The summed E-state index contributed by atoms with van der Waals surface area (Å²) in [4.78, 5) is 12.9. The SMILES string of the molecule is COc1cc(CO)ccc1OC(=O)CCSC(C1=CCC(OC)C=C1)(c1ccccc1)c1ccccc1. The third-order valence-electron chi connectivity index (χ3n) is 6.39. The Labute approximate surface area is 222 Å². The number of ether oxygens (including phenoxy) is 3. The van der Waals surface area contributed by atoms with Crippen LogP contribution >= 0.6 is 11.8 Å². The highest BCUT2D eigenvalue weighted by atomic mass is 32.2. The van der Waals surface area contributed by atoms with Gasteiger partial charge in [-0.05, 0) is 40.8 Å². The van der Waals surface area contributed by atoms with E-state index < -0.39 is 4.75 Å². The van der Waals surface area contributed by atoms with Crippen molar-refractivity contribution < 1.29 is 24.1 Å². The van der Waals surface area contributed by atoms with Crippen LogP contribution in [0, 0.1) is 0 Å². The highest BCUT2D eigenvalue weighted by Gasteiger charge is 2.38. The normalized spacial score (nSPS) is 15.2. The first-order chi connectivity index (χ1) is 18.1. The van der Waals surface area contributed by atoms with Crippen molar-refractivity contribution in [3.8, 4) is 11.5 Å². The van der Waals surface area contributed by atoms with Crippen molar-refractivity contribution in [3.63, 3.8) is 0 Å². The summed E-state index contributed by atoms with van der Waals surface area (Å²) in [5, 5.41) is 9.36. The number of methoxy groups -OCH3 is 2. The Hall–Kier alpha value is -3.32. The van der Waals surface area contributed by atoms with E-state index in [-0.39, 0.29) is 25.1 Å². The standard InChI is InChI=1S/C31H32O5S/c1-34-27-16-14-26(15-17-27)31(24-9-5-3-6-10-24,25-11-7-4-8-12-25)37-20-19-30(33)36-28-18-13-23(22-32)21-29(28)35-2/h3-16,18,21,27,32H,17,19-20,22H2,1-2H3. The molecule has 6 heteroatoms. The van der Waals surface area contributed by atoms with Gasteiger partial charge in [-0.1, -0.05) is 85.0 Å². The van der Waals surface area contributed by atoms with Crippen LogP contribution in [0.2, 0.25) is 0 Å². The molecule has 0 heterocycles. The van der Waals surface area contributed by atoms with Crippen molar-refractivity contribution in [3.05, 3.63) is 119 Å². The molecule has 0 saturated heterocycles. The molecule has 0 spiro atoms. The number of hydrogen-bond donors (Lipinski definition) is 1. The van der Waals surface area contributed by atoms with Gasteiger partial charge in [0.1, 0.15) is 0 Å². The minimum absolute atomic E-state index is 0.0557. The molecule has 0 saturated carbocycles. The van der Waals surface area contributed by atoms with Gasteiger partial charge in [0.2, 0.25) is 0 Å². The third-order valence-corrected chi connectivity index (χ3v) is 7.94. The molecule has 37 heavy (non-hydrogen) atoms. The summed E-state index contributed by atoms with van der Waals surface area (Å²) < 4.78 is 16.0. The number of benzene rings is 3. The van der Waals surface area contributed by atoms with Crippen molar-refractivity contribution >= 4 is 17.7 Å². The van der Waals surface area contributed by atoms with Gasteiger partial charge in [0, 0.05) is 12.9 Å². The highest BCUT2D eigenvalue weighted by molar-refractivity contribution is 8.00. The molecule has 0 bridgehead atoms. The van der Waals surface area contributed by atoms with Gasteiger partial charge in [-0.3, -0.25) is 4.79 Å². The lowest BCUT2D eigenvalue weighted by atomic mass is 9.81. The summed E-state index contributed by atoms with van der Waals surface area (Å²) in [5.41, 5.74) is 4.14. The summed E-state index contributed by atoms with van der Waals surface area (Å²) in [6.45, 7) is -0.113. The third kappa shape index (κ3) is 6.16. The van der Waals surface area contributed by atoms with Crippen LogP contribution in [0.3, 0.4) is 0 Å². The van der Waals surface area contributed by atoms with Crippen LogP contribution in [-0.2, 0) is 20.9 Å². The maximum atomic E-state index is 12.9. The molecule has 1 aliphatic rings. The Morgan fingerprint density at radius 3 is 2.19 bits per heavy atom. The van der Waals surface area contributed by atoms with Gasteiger partial charge in [0.05, 0.1) is 31.0 Å². The molecule has 0 aliphatic heterocycles. The molecule has 0 amide bonds. The van der Waals surface area contributed by atoms with Crippen molar-refractivity contribution in [2.75, 3.05) is 20.0 Å². The Balaban J connectivity index is 1.60. The average molecular weight is 517 g/mol. The van der Waals surface area contributed by atoms with Gasteiger partial charge in [-0.25, -0.2) is 0 Å². The van der Waals surface area contributed by atoms with Crippen LogP contribution in [0.4, 0.5) is 0 Å². The van der Waals surface area contributed by atoms with E-state index in [0.717, 1.165) is 23.1 Å². The van der Waals surface area contributed by atoms with E-state index in [2.05, 4.69) is 66.8 Å². The molecule has 192 valence electrons. The average Bonchev–Trinajstić information content (AvgIpc) is 2.96. The number of hydrogen-bond acceptors (Lipinski definition) is 6.